The second kappa shape index (κ2) is 9.54. The number of carbonyl (C=O) groups is 1. The summed E-state index contributed by atoms with van der Waals surface area (Å²) in [5.41, 5.74) is 5.11. The zero-order valence-electron chi connectivity index (χ0n) is 17.7. The molecule has 0 saturated carbocycles. The molecule has 3 aromatic rings. The number of amides is 1. The van der Waals surface area contributed by atoms with Gasteiger partial charge >= 0.3 is 0 Å². The van der Waals surface area contributed by atoms with Crippen LogP contribution in [0.25, 0.3) is 0 Å². The number of aromatic nitrogens is 1. The topological polar surface area (TPSA) is 36.4 Å². The number of pyridine rings is 1. The van der Waals surface area contributed by atoms with Crippen molar-refractivity contribution in [3.05, 3.63) is 87.9 Å². The van der Waals surface area contributed by atoms with Crippen LogP contribution >= 0.6 is 11.3 Å². The third-order valence-electron chi connectivity index (χ3n) is 6.00. The Morgan fingerprint density at radius 2 is 2.00 bits per heavy atom. The van der Waals surface area contributed by atoms with Gasteiger partial charge in [0.25, 0.3) is 0 Å². The first-order chi connectivity index (χ1) is 14.6. The van der Waals surface area contributed by atoms with Gasteiger partial charge in [-0.15, -0.1) is 0 Å². The van der Waals surface area contributed by atoms with Gasteiger partial charge in [0.1, 0.15) is 0 Å². The van der Waals surface area contributed by atoms with E-state index in [4.69, 9.17) is 0 Å². The second-order valence-electron chi connectivity index (χ2n) is 8.36. The first-order valence-electron chi connectivity index (χ1n) is 10.5. The van der Waals surface area contributed by atoms with Crippen molar-refractivity contribution < 1.29 is 4.79 Å². The normalized spacial score (nSPS) is 19.1. The van der Waals surface area contributed by atoms with E-state index in [0.29, 0.717) is 18.4 Å². The molecule has 0 radical (unpaired) electrons. The van der Waals surface area contributed by atoms with Crippen LogP contribution in [0.1, 0.15) is 35.1 Å². The highest BCUT2D eigenvalue weighted by atomic mass is 32.1. The molecule has 1 amide bonds. The minimum absolute atomic E-state index is 0.123. The minimum atomic E-state index is 0.123. The molecule has 0 aliphatic carbocycles. The fourth-order valence-corrected chi connectivity index (χ4v) is 5.07. The fourth-order valence-electron chi connectivity index (χ4n) is 4.41. The molecule has 0 N–H and O–H groups in total. The van der Waals surface area contributed by atoms with Crippen molar-refractivity contribution in [3.63, 3.8) is 0 Å². The number of likely N-dealkylation sites (tertiary alicyclic amines) is 1. The lowest BCUT2D eigenvalue weighted by molar-refractivity contribution is -0.130. The zero-order chi connectivity index (χ0) is 20.9. The molecule has 0 bridgehead atoms. The number of carbonyl (C=O) groups excluding carboxylic acids is 1. The Labute approximate surface area is 183 Å². The van der Waals surface area contributed by atoms with Crippen LogP contribution < -0.4 is 0 Å². The molecular weight excluding hydrogens is 390 g/mol. The van der Waals surface area contributed by atoms with Gasteiger partial charge in [0.2, 0.25) is 5.91 Å². The van der Waals surface area contributed by atoms with Gasteiger partial charge in [-0.25, -0.2) is 0 Å². The van der Waals surface area contributed by atoms with E-state index in [1.54, 1.807) is 24.5 Å². The standard InChI is InChI=1S/C25H29N3OS/c1-19-5-7-23(8-6-19)25-17-27(13-22-9-11-30-18-22)15-24(25)16-28(20(2)29)14-21-4-3-10-26-12-21/h3-12,18,24-25H,13-17H2,1-2H3. The monoisotopic (exact) mass is 419 g/mol. The van der Waals surface area contributed by atoms with E-state index in [1.807, 2.05) is 23.2 Å². The number of aryl methyl sites for hydroxylation is 1. The summed E-state index contributed by atoms with van der Waals surface area (Å²) >= 11 is 1.75. The summed E-state index contributed by atoms with van der Waals surface area (Å²) < 4.78 is 0. The Balaban J connectivity index is 1.53. The van der Waals surface area contributed by atoms with Gasteiger partial charge in [-0.05, 0) is 52.4 Å². The van der Waals surface area contributed by atoms with Gasteiger partial charge in [0.05, 0.1) is 0 Å². The van der Waals surface area contributed by atoms with E-state index in [9.17, 15) is 4.79 Å². The summed E-state index contributed by atoms with van der Waals surface area (Å²) in [5, 5.41) is 4.38. The predicted octanol–water partition coefficient (Wildman–Crippen LogP) is 4.72. The maximum atomic E-state index is 12.5. The number of rotatable bonds is 7. The highest BCUT2D eigenvalue weighted by Crippen LogP contribution is 2.34. The Kier molecular flexibility index (Phi) is 6.60. The lowest BCUT2D eigenvalue weighted by Crippen LogP contribution is -2.35. The van der Waals surface area contributed by atoms with E-state index in [0.717, 1.165) is 31.7 Å². The van der Waals surface area contributed by atoms with Crippen LogP contribution in [0.3, 0.4) is 0 Å². The molecule has 1 aromatic carbocycles. The van der Waals surface area contributed by atoms with Crippen LogP contribution in [0, 0.1) is 12.8 Å². The molecule has 2 atom stereocenters. The quantitative estimate of drug-likeness (QED) is 0.556. The van der Waals surface area contributed by atoms with E-state index in [2.05, 4.69) is 57.9 Å². The molecular formula is C25H29N3OS. The molecule has 5 heteroatoms. The van der Waals surface area contributed by atoms with Crippen molar-refractivity contribution in [1.29, 1.82) is 0 Å². The molecule has 0 spiro atoms. The highest BCUT2D eigenvalue weighted by molar-refractivity contribution is 7.07. The van der Waals surface area contributed by atoms with Gasteiger partial charge in [-0.1, -0.05) is 35.9 Å². The Morgan fingerprint density at radius 3 is 2.67 bits per heavy atom. The molecule has 1 fully saturated rings. The molecule has 1 saturated heterocycles. The first-order valence-corrected chi connectivity index (χ1v) is 11.5. The molecule has 2 aromatic heterocycles. The van der Waals surface area contributed by atoms with Crippen LogP contribution in [0.5, 0.6) is 0 Å². The predicted molar refractivity (Wildman–Crippen MR) is 122 cm³/mol. The Bertz CT molecular complexity index is 940. The first kappa shape index (κ1) is 20.8. The zero-order valence-corrected chi connectivity index (χ0v) is 18.5. The van der Waals surface area contributed by atoms with Gasteiger partial charge in [-0.2, -0.15) is 11.3 Å². The molecule has 3 heterocycles. The van der Waals surface area contributed by atoms with Crippen molar-refractivity contribution in [3.8, 4) is 0 Å². The fraction of sp³-hybridized carbons (Fsp3) is 0.360. The molecule has 4 rings (SSSR count). The number of hydrogen-bond acceptors (Lipinski definition) is 4. The SMILES string of the molecule is CC(=O)N(Cc1cccnc1)CC1CN(Cc2ccsc2)CC1c1ccc(C)cc1. The Morgan fingerprint density at radius 1 is 1.17 bits per heavy atom. The van der Waals surface area contributed by atoms with Crippen molar-refractivity contribution in [1.82, 2.24) is 14.8 Å². The third kappa shape index (κ3) is 5.15. The van der Waals surface area contributed by atoms with Crippen LogP contribution in [0.2, 0.25) is 0 Å². The molecule has 2 unspecified atom stereocenters. The number of hydrogen-bond donors (Lipinski definition) is 0. The molecule has 1 aliphatic heterocycles. The van der Waals surface area contributed by atoms with E-state index < -0.39 is 0 Å². The van der Waals surface area contributed by atoms with Gasteiger partial charge < -0.3 is 4.90 Å². The smallest absolute Gasteiger partial charge is 0.219 e. The summed E-state index contributed by atoms with van der Waals surface area (Å²) in [4.78, 5) is 21.2. The lowest BCUT2D eigenvalue weighted by Gasteiger charge is -2.28. The van der Waals surface area contributed by atoms with Crippen molar-refractivity contribution in [2.45, 2.75) is 32.9 Å². The minimum Gasteiger partial charge on any atom is -0.338 e. The summed E-state index contributed by atoms with van der Waals surface area (Å²) in [5.74, 6) is 0.963. The van der Waals surface area contributed by atoms with Crippen LogP contribution in [0.15, 0.2) is 65.6 Å². The van der Waals surface area contributed by atoms with Crippen molar-refractivity contribution in [2.24, 2.45) is 5.92 Å². The Hall–Kier alpha value is -2.50. The largest absolute Gasteiger partial charge is 0.338 e. The summed E-state index contributed by atoms with van der Waals surface area (Å²) in [6, 6.07) is 15.1. The van der Waals surface area contributed by atoms with Crippen LogP contribution in [-0.4, -0.2) is 40.3 Å². The van der Waals surface area contributed by atoms with Crippen LogP contribution in [-0.2, 0) is 17.9 Å². The third-order valence-corrected chi connectivity index (χ3v) is 6.74. The number of thiophene rings is 1. The van der Waals surface area contributed by atoms with Crippen molar-refractivity contribution in [2.75, 3.05) is 19.6 Å². The van der Waals surface area contributed by atoms with Gasteiger partial charge in [0.15, 0.2) is 0 Å². The van der Waals surface area contributed by atoms with Crippen molar-refractivity contribution >= 4 is 17.2 Å². The average Bonchev–Trinajstić information content (AvgIpc) is 3.39. The highest BCUT2D eigenvalue weighted by Gasteiger charge is 2.35. The van der Waals surface area contributed by atoms with Crippen LogP contribution in [0.4, 0.5) is 0 Å². The molecule has 4 nitrogen and oxygen atoms in total. The number of benzene rings is 1. The summed E-state index contributed by atoms with van der Waals surface area (Å²) in [6.45, 7) is 8.20. The number of nitrogens with zero attached hydrogens (tertiary/aromatic N) is 3. The summed E-state index contributed by atoms with van der Waals surface area (Å²) in [6.07, 6.45) is 3.62. The molecule has 30 heavy (non-hydrogen) atoms. The van der Waals surface area contributed by atoms with Gasteiger partial charge in [-0.3, -0.25) is 14.7 Å². The van der Waals surface area contributed by atoms with E-state index in [1.165, 1.54) is 16.7 Å². The average molecular weight is 420 g/mol. The molecule has 1 aliphatic rings. The van der Waals surface area contributed by atoms with E-state index >= 15 is 0 Å². The van der Waals surface area contributed by atoms with E-state index in [-0.39, 0.29) is 5.91 Å². The second-order valence-corrected chi connectivity index (χ2v) is 9.14. The van der Waals surface area contributed by atoms with Gasteiger partial charge in [0, 0.05) is 58.0 Å². The maximum Gasteiger partial charge on any atom is 0.219 e. The summed E-state index contributed by atoms with van der Waals surface area (Å²) in [7, 11) is 0. The lowest BCUT2D eigenvalue weighted by atomic mass is 9.88. The molecule has 156 valence electrons. The maximum absolute atomic E-state index is 12.5.